The summed E-state index contributed by atoms with van der Waals surface area (Å²) in [7, 11) is 0. The molecule has 0 saturated heterocycles. The molecular formula is C24H26O2. The second-order valence-electron chi connectivity index (χ2n) is 7.81. The first kappa shape index (κ1) is 17.1. The molecule has 2 bridgehead atoms. The molecule has 0 aliphatic heterocycles. The molecule has 2 aliphatic carbocycles. The number of ether oxygens (including phenoxy) is 1. The first-order valence-electron chi connectivity index (χ1n) is 9.70. The van der Waals surface area contributed by atoms with E-state index in [1.54, 1.807) is 0 Å². The highest BCUT2D eigenvalue weighted by molar-refractivity contribution is 5.83. The fraction of sp³-hybridized carbons (Fsp3) is 0.375. The molecule has 0 aromatic heterocycles. The Morgan fingerprint density at radius 1 is 0.923 bits per heavy atom. The summed E-state index contributed by atoms with van der Waals surface area (Å²) >= 11 is 0. The summed E-state index contributed by atoms with van der Waals surface area (Å²) in [5.74, 6) is 0.755. The van der Waals surface area contributed by atoms with Crippen LogP contribution in [0, 0.1) is 17.8 Å². The zero-order valence-corrected chi connectivity index (χ0v) is 15.5. The lowest BCUT2D eigenvalue weighted by atomic mass is 9.88. The Hall–Kier alpha value is -2.35. The van der Waals surface area contributed by atoms with Crippen LogP contribution in [0.1, 0.15) is 44.2 Å². The van der Waals surface area contributed by atoms with Crippen LogP contribution in [0.4, 0.5) is 0 Å². The molecule has 0 radical (unpaired) electrons. The number of benzene rings is 2. The van der Waals surface area contributed by atoms with E-state index in [2.05, 4.69) is 60.7 Å². The van der Waals surface area contributed by atoms with Gasteiger partial charge in [-0.3, -0.25) is 4.79 Å². The number of carbonyl (C=O) groups excluding carboxylic acids is 1. The molecule has 2 aliphatic rings. The van der Waals surface area contributed by atoms with E-state index in [0.717, 1.165) is 12.8 Å². The smallest absolute Gasteiger partial charge is 0.308 e. The van der Waals surface area contributed by atoms with Crippen molar-refractivity contribution in [3.8, 4) is 0 Å². The second kappa shape index (κ2) is 7.11. The third kappa shape index (κ3) is 3.09. The maximum Gasteiger partial charge on any atom is 0.308 e. The van der Waals surface area contributed by atoms with Crippen LogP contribution in [0.25, 0.3) is 5.57 Å². The molecule has 0 N–H and O–H groups in total. The summed E-state index contributed by atoms with van der Waals surface area (Å²) in [6.07, 6.45) is 3.35. The van der Waals surface area contributed by atoms with Crippen molar-refractivity contribution in [2.45, 2.75) is 39.2 Å². The maximum atomic E-state index is 12.2. The topological polar surface area (TPSA) is 26.3 Å². The minimum atomic E-state index is -0.0668. The van der Waals surface area contributed by atoms with Crippen molar-refractivity contribution in [2.24, 2.45) is 17.8 Å². The standard InChI is InChI=1S/C24H26O2/c1-16(2)24(25)26-21-15-19-13-14-20(21)23(19)22(17-9-5-3-6-10-17)18-11-7-4-8-12-18/h3-12,16,19-21H,13-15H2,1-2H3/t19-,20+,21+/m0/s1. The van der Waals surface area contributed by atoms with Crippen molar-refractivity contribution in [3.05, 3.63) is 77.4 Å². The number of carbonyl (C=O) groups is 1. The zero-order chi connectivity index (χ0) is 18.1. The van der Waals surface area contributed by atoms with Gasteiger partial charge in [0, 0.05) is 5.92 Å². The van der Waals surface area contributed by atoms with Crippen LogP contribution in [-0.2, 0) is 9.53 Å². The highest BCUT2D eigenvalue weighted by atomic mass is 16.5. The van der Waals surface area contributed by atoms with Crippen LogP contribution < -0.4 is 0 Å². The average Bonchev–Trinajstić information content (AvgIpc) is 3.21. The SMILES string of the molecule is CC(C)C(=O)O[C@@H]1C[C@@H]2CC[C@H]1C2=C(c1ccccc1)c1ccccc1. The largest absolute Gasteiger partial charge is 0.462 e. The lowest BCUT2D eigenvalue weighted by Gasteiger charge is -2.23. The van der Waals surface area contributed by atoms with Crippen LogP contribution in [0.3, 0.4) is 0 Å². The molecule has 0 amide bonds. The summed E-state index contributed by atoms with van der Waals surface area (Å²) in [5.41, 5.74) is 5.38. The number of fused-ring (bicyclic) bond motifs is 2. The molecular weight excluding hydrogens is 320 g/mol. The van der Waals surface area contributed by atoms with Gasteiger partial charge >= 0.3 is 5.97 Å². The van der Waals surface area contributed by atoms with Crippen molar-refractivity contribution >= 4 is 11.5 Å². The minimum Gasteiger partial charge on any atom is -0.462 e. The molecule has 2 heteroatoms. The predicted molar refractivity (Wildman–Crippen MR) is 104 cm³/mol. The van der Waals surface area contributed by atoms with E-state index in [1.807, 2.05) is 13.8 Å². The Balaban J connectivity index is 1.77. The third-order valence-electron chi connectivity index (χ3n) is 5.78. The van der Waals surface area contributed by atoms with Gasteiger partial charge in [0.2, 0.25) is 0 Å². The Bertz CT molecular complexity index is 763. The van der Waals surface area contributed by atoms with E-state index in [-0.39, 0.29) is 18.0 Å². The van der Waals surface area contributed by atoms with Gasteiger partial charge < -0.3 is 4.74 Å². The van der Waals surface area contributed by atoms with Crippen molar-refractivity contribution in [2.75, 3.05) is 0 Å². The second-order valence-corrected chi connectivity index (χ2v) is 7.81. The van der Waals surface area contributed by atoms with Gasteiger partial charge in [-0.25, -0.2) is 0 Å². The number of hydrogen-bond donors (Lipinski definition) is 0. The molecule has 2 aromatic carbocycles. The summed E-state index contributed by atoms with van der Waals surface area (Å²) in [6.45, 7) is 3.82. The fourth-order valence-corrected chi connectivity index (χ4v) is 4.58. The van der Waals surface area contributed by atoms with E-state index in [4.69, 9.17) is 4.74 Å². The average molecular weight is 346 g/mol. The Morgan fingerprint density at radius 2 is 1.50 bits per heavy atom. The maximum absolute atomic E-state index is 12.2. The van der Waals surface area contributed by atoms with Gasteiger partial charge in [-0.1, -0.05) is 80.1 Å². The normalized spacial score (nSPS) is 24.1. The molecule has 134 valence electrons. The first-order chi connectivity index (χ1) is 12.6. The van der Waals surface area contributed by atoms with E-state index >= 15 is 0 Å². The van der Waals surface area contributed by atoms with Crippen LogP contribution in [0.2, 0.25) is 0 Å². The molecule has 26 heavy (non-hydrogen) atoms. The first-order valence-corrected chi connectivity index (χ1v) is 9.70. The Morgan fingerprint density at radius 3 is 2.04 bits per heavy atom. The van der Waals surface area contributed by atoms with Crippen molar-refractivity contribution in [3.63, 3.8) is 0 Å². The molecule has 2 aromatic rings. The third-order valence-corrected chi connectivity index (χ3v) is 5.78. The summed E-state index contributed by atoms with van der Waals surface area (Å²) in [4.78, 5) is 12.2. The van der Waals surface area contributed by atoms with Crippen molar-refractivity contribution in [1.82, 2.24) is 0 Å². The van der Waals surface area contributed by atoms with Crippen molar-refractivity contribution < 1.29 is 9.53 Å². The minimum absolute atomic E-state index is 0.0427. The lowest BCUT2D eigenvalue weighted by molar-refractivity contribution is -0.155. The summed E-state index contributed by atoms with van der Waals surface area (Å²) < 4.78 is 5.89. The highest BCUT2D eigenvalue weighted by Gasteiger charge is 2.47. The number of esters is 1. The van der Waals surface area contributed by atoms with E-state index < -0.39 is 0 Å². The molecule has 2 saturated carbocycles. The van der Waals surface area contributed by atoms with Crippen LogP contribution in [-0.4, -0.2) is 12.1 Å². The van der Waals surface area contributed by atoms with Gasteiger partial charge in [-0.15, -0.1) is 0 Å². The van der Waals surface area contributed by atoms with Gasteiger partial charge in [-0.05, 0) is 41.9 Å². The molecule has 2 fully saturated rings. The molecule has 3 atom stereocenters. The van der Waals surface area contributed by atoms with Crippen LogP contribution in [0.15, 0.2) is 66.2 Å². The van der Waals surface area contributed by atoms with E-state index in [1.165, 1.54) is 28.7 Å². The fourth-order valence-electron chi connectivity index (χ4n) is 4.58. The Kier molecular flexibility index (Phi) is 4.67. The van der Waals surface area contributed by atoms with Gasteiger partial charge in [0.25, 0.3) is 0 Å². The van der Waals surface area contributed by atoms with Crippen LogP contribution in [0.5, 0.6) is 0 Å². The lowest BCUT2D eigenvalue weighted by Crippen LogP contribution is -2.26. The molecule has 0 unspecified atom stereocenters. The summed E-state index contributed by atoms with van der Waals surface area (Å²) in [6, 6.07) is 21.3. The quantitative estimate of drug-likeness (QED) is 0.685. The summed E-state index contributed by atoms with van der Waals surface area (Å²) in [5, 5.41) is 0. The number of hydrogen-bond acceptors (Lipinski definition) is 2. The molecule has 4 rings (SSSR count). The molecule has 0 heterocycles. The van der Waals surface area contributed by atoms with Gasteiger partial charge in [0.15, 0.2) is 0 Å². The van der Waals surface area contributed by atoms with Crippen LogP contribution >= 0.6 is 0 Å². The van der Waals surface area contributed by atoms with E-state index in [9.17, 15) is 4.79 Å². The predicted octanol–water partition coefficient (Wildman–Crippen LogP) is 5.49. The zero-order valence-electron chi connectivity index (χ0n) is 15.5. The van der Waals surface area contributed by atoms with Gasteiger partial charge in [-0.2, -0.15) is 0 Å². The van der Waals surface area contributed by atoms with Gasteiger partial charge in [0.05, 0.1) is 5.92 Å². The highest BCUT2D eigenvalue weighted by Crippen LogP contribution is 2.54. The molecule has 2 nitrogen and oxygen atoms in total. The van der Waals surface area contributed by atoms with Gasteiger partial charge in [0.1, 0.15) is 6.10 Å². The van der Waals surface area contributed by atoms with Crippen molar-refractivity contribution in [1.29, 1.82) is 0 Å². The monoisotopic (exact) mass is 346 g/mol. The number of rotatable bonds is 4. The van der Waals surface area contributed by atoms with E-state index in [0.29, 0.717) is 11.8 Å². The molecule has 0 spiro atoms. The Labute approximate surface area is 155 Å².